The predicted octanol–water partition coefficient (Wildman–Crippen LogP) is 9.33. The van der Waals surface area contributed by atoms with Crippen molar-refractivity contribution in [1.82, 2.24) is 0 Å². The van der Waals surface area contributed by atoms with Crippen LogP contribution in [0.4, 0.5) is 0 Å². The normalized spacial score (nSPS) is 33.2. The summed E-state index contributed by atoms with van der Waals surface area (Å²) >= 11 is 0. The molecule has 9 atom stereocenters. The highest BCUT2D eigenvalue weighted by molar-refractivity contribution is 6.99. The average molecular weight is 703 g/mol. The predicted molar refractivity (Wildman–Crippen MR) is 208 cm³/mol. The summed E-state index contributed by atoms with van der Waals surface area (Å²) in [7, 11) is -2.71. The van der Waals surface area contributed by atoms with E-state index >= 15 is 0 Å². The van der Waals surface area contributed by atoms with E-state index in [1.165, 1.54) is 15.9 Å². The summed E-state index contributed by atoms with van der Waals surface area (Å²) in [5, 5.41) is 14.1. The molecule has 0 saturated carbocycles. The molecule has 2 fully saturated rings. The zero-order valence-corrected chi connectivity index (χ0v) is 33.7. The standard InChI is InChI=1S/C44H66O5Si/c1-11-32(4)25-26-39(45)42(13-3)30-35(7)44(48-42)28-20-27-43(49-44)34(6)29-33(5)40(47-43)36(12-2)31-46-50(41(8,9)10,37-21-16-14-17-22-37)38-23-18-15-19-24-38/h11,14-24,27,33-36,39-40,45H,12-13,25-26,28-31H2,1-10H3/b32-11+/t33-,34+,35+,36-,39+,40-,42+,43+,44-/m0/s1. The van der Waals surface area contributed by atoms with Crippen LogP contribution in [0.25, 0.3) is 0 Å². The number of ether oxygens (including phenoxy) is 3. The van der Waals surface area contributed by atoms with E-state index in [2.05, 4.69) is 148 Å². The molecular weight excluding hydrogens is 637 g/mol. The minimum atomic E-state index is -2.71. The Balaban J connectivity index is 1.42. The molecule has 5 nitrogen and oxygen atoms in total. The van der Waals surface area contributed by atoms with Crippen LogP contribution < -0.4 is 10.4 Å². The van der Waals surface area contributed by atoms with Gasteiger partial charge in [0.05, 0.1) is 17.8 Å². The molecule has 3 heterocycles. The van der Waals surface area contributed by atoms with Crippen LogP contribution in [0.2, 0.25) is 5.04 Å². The van der Waals surface area contributed by atoms with Gasteiger partial charge >= 0.3 is 0 Å². The van der Waals surface area contributed by atoms with Gasteiger partial charge < -0.3 is 23.7 Å². The third-order valence-electron chi connectivity index (χ3n) is 12.6. The van der Waals surface area contributed by atoms with Crippen molar-refractivity contribution < 1.29 is 23.7 Å². The number of benzene rings is 2. The van der Waals surface area contributed by atoms with E-state index in [1.807, 2.05) is 0 Å². The number of aliphatic hydroxyl groups excluding tert-OH is 1. The minimum Gasteiger partial charge on any atom is -0.407 e. The van der Waals surface area contributed by atoms with Gasteiger partial charge in [0.15, 0.2) is 11.6 Å². The van der Waals surface area contributed by atoms with E-state index < -0.39 is 31.6 Å². The highest BCUT2D eigenvalue weighted by Crippen LogP contribution is 2.55. The van der Waals surface area contributed by atoms with Gasteiger partial charge in [-0.25, -0.2) is 0 Å². The van der Waals surface area contributed by atoms with Crippen LogP contribution >= 0.6 is 0 Å². The summed E-state index contributed by atoms with van der Waals surface area (Å²) in [5.41, 5.74) is 0.654. The fraction of sp³-hybridized carbons (Fsp3) is 0.636. The highest BCUT2D eigenvalue weighted by Gasteiger charge is 2.62. The smallest absolute Gasteiger partial charge is 0.261 e. The van der Waals surface area contributed by atoms with Crippen molar-refractivity contribution in [2.45, 2.75) is 149 Å². The van der Waals surface area contributed by atoms with Gasteiger partial charge in [0, 0.05) is 30.8 Å². The average Bonchev–Trinajstić information content (AvgIpc) is 3.38. The van der Waals surface area contributed by atoms with Gasteiger partial charge in [-0.3, -0.25) is 0 Å². The SMILES string of the molecule is C/C=C(\C)CC[C@@H](O)[C@@]1(CC)C[C@@H](C)[C@@]2(CC=C[C@@]3(O[C@H]([C@@H](CC)CO[Si](c4ccccc4)(c4ccccc4)C(C)(C)C)[C@@H](C)C[C@H]3C)O2)O1. The molecule has 2 aromatic rings. The Morgan fingerprint density at radius 3 is 2.14 bits per heavy atom. The molecule has 276 valence electrons. The molecule has 0 unspecified atom stereocenters. The van der Waals surface area contributed by atoms with Gasteiger partial charge in [-0.05, 0) is 79.8 Å². The third-order valence-corrected chi connectivity index (χ3v) is 17.6. The van der Waals surface area contributed by atoms with Gasteiger partial charge in [0.25, 0.3) is 8.32 Å². The third kappa shape index (κ3) is 7.27. The number of hydrogen-bond donors (Lipinski definition) is 1. The molecule has 6 heteroatoms. The zero-order chi connectivity index (χ0) is 36.4. The van der Waals surface area contributed by atoms with E-state index in [0.29, 0.717) is 25.4 Å². The number of rotatable bonds is 12. The van der Waals surface area contributed by atoms with Crippen molar-refractivity contribution in [2.75, 3.05) is 6.61 Å². The lowest BCUT2D eigenvalue weighted by Crippen LogP contribution is -2.67. The molecule has 0 aliphatic carbocycles. The number of aliphatic hydroxyl groups is 1. The summed E-state index contributed by atoms with van der Waals surface area (Å²) in [4.78, 5) is 0. The van der Waals surface area contributed by atoms with E-state index in [0.717, 1.165) is 32.1 Å². The Bertz CT molecular complexity index is 1410. The molecule has 2 saturated heterocycles. The number of hydrogen-bond acceptors (Lipinski definition) is 5. The quantitative estimate of drug-likeness (QED) is 0.177. The molecule has 0 bridgehead atoms. The van der Waals surface area contributed by atoms with E-state index in [4.69, 9.17) is 18.6 Å². The molecule has 3 aliphatic rings. The molecule has 2 spiro atoms. The molecule has 1 N–H and O–H groups in total. The maximum absolute atomic E-state index is 11.6. The molecule has 0 radical (unpaired) electrons. The first-order valence-corrected chi connectivity index (χ1v) is 21.4. The van der Waals surface area contributed by atoms with Crippen LogP contribution in [0, 0.1) is 23.7 Å². The topological polar surface area (TPSA) is 57.2 Å². The zero-order valence-electron chi connectivity index (χ0n) is 32.7. The molecule has 0 amide bonds. The second kappa shape index (κ2) is 15.5. The second-order valence-electron chi connectivity index (χ2n) is 16.9. The summed E-state index contributed by atoms with van der Waals surface area (Å²) in [6, 6.07) is 21.8. The molecule has 5 rings (SSSR count). The molecular formula is C44H66O5Si. The van der Waals surface area contributed by atoms with E-state index in [1.54, 1.807) is 0 Å². The van der Waals surface area contributed by atoms with E-state index in [9.17, 15) is 5.11 Å². The van der Waals surface area contributed by atoms with Crippen molar-refractivity contribution in [3.8, 4) is 0 Å². The molecule has 50 heavy (non-hydrogen) atoms. The second-order valence-corrected chi connectivity index (χ2v) is 21.2. The summed E-state index contributed by atoms with van der Waals surface area (Å²) in [6.45, 7) is 23.1. The van der Waals surface area contributed by atoms with Gasteiger partial charge in [-0.2, -0.15) is 0 Å². The van der Waals surface area contributed by atoms with Crippen LogP contribution in [0.1, 0.15) is 114 Å². The van der Waals surface area contributed by atoms with Crippen LogP contribution in [0.3, 0.4) is 0 Å². The van der Waals surface area contributed by atoms with E-state index in [-0.39, 0.29) is 28.9 Å². The Hall–Kier alpha value is -2.06. The Labute approximate surface area is 305 Å². The van der Waals surface area contributed by atoms with Gasteiger partial charge in [-0.15, -0.1) is 0 Å². The first-order valence-electron chi connectivity index (χ1n) is 19.5. The Kier molecular flexibility index (Phi) is 12.1. The van der Waals surface area contributed by atoms with Gasteiger partial charge in [-0.1, -0.05) is 134 Å². The largest absolute Gasteiger partial charge is 0.407 e. The van der Waals surface area contributed by atoms with Crippen molar-refractivity contribution in [2.24, 2.45) is 23.7 Å². The lowest BCUT2D eigenvalue weighted by molar-refractivity contribution is -0.400. The summed E-state index contributed by atoms with van der Waals surface area (Å²) < 4.78 is 29.2. The Morgan fingerprint density at radius 2 is 1.60 bits per heavy atom. The van der Waals surface area contributed by atoms with Crippen LogP contribution in [-0.4, -0.2) is 49.4 Å². The van der Waals surface area contributed by atoms with Crippen molar-refractivity contribution >= 4 is 18.7 Å². The minimum absolute atomic E-state index is 0.0451. The summed E-state index contributed by atoms with van der Waals surface area (Å²) in [5.74, 6) is -0.966. The molecule has 0 aromatic heterocycles. The Morgan fingerprint density at radius 1 is 0.980 bits per heavy atom. The monoisotopic (exact) mass is 702 g/mol. The van der Waals surface area contributed by atoms with Crippen molar-refractivity contribution in [3.05, 3.63) is 84.5 Å². The fourth-order valence-electron chi connectivity index (χ4n) is 9.31. The van der Waals surface area contributed by atoms with Crippen LogP contribution in [0.15, 0.2) is 84.5 Å². The van der Waals surface area contributed by atoms with Gasteiger partial charge in [0.2, 0.25) is 0 Å². The highest BCUT2D eigenvalue weighted by atomic mass is 28.4. The van der Waals surface area contributed by atoms with Crippen molar-refractivity contribution in [1.29, 1.82) is 0 Å². The lowest BCUT2D eigenvalue weighted by atomic mass is 9.77. The number of allylic oxidation sites excluding steroid dienone is 2. The molecule has 2 aromatic carbocycles. The molecule has 3 aliphatic heterocycles. The maximum Gasteiger partial charge on any atom is 0.261 e. The first kappa shape index (κ1) is 39.2. The van der Waals surface area contributed by atoms with Crippen LogP contribution in [-0.2, 0) is 18.6 Å². The first-order chi connectivity index (χ1) is 23.7. The fourth-order valence-corrected chi connectivity index (χ4v) is 13.9. The van der Waals surface area contributed by atoms with Crippen molar-refractivity contribution in [3.63, 3.8) is 0 Å². The summed E-state index contributed by atoms with van der Waals surface area (Å²) in [6.07, 6.45) is 11.6. The van der Waals surface area contributed by atoms with Gasteiger partial charge in [0.1, 0.15) is 0 Å². The van der Waals surface area contributed by atoms with Crippen LogP contribution in [0.5, 0.6) is 0 Å². The maximum atomic E-state index is 11.6. The lowest BCUT2D eigenvalue weighted by Gasteiger charge is -2.54.